The van der Waals surface area contributed by atoms with Crippen LogP contribution in [-0.4, -0.2) is 28.6 Å². The van der Waals surface area contributed by atoms with Crippen molar-refractivity contribution >= 4 is 32.9 Å². The van der Waals surface area contributed by atoms with E-state index in [1.165, 1.54) is 0 Å². The Hall–Kier alpha value is -1.33. The van der Waals surface area contributed by atoms with Crippen LogP contribution in [0.3, 0.4) is 0 Å². The lowest BCUT2D eigenvalue weighted by Gasteiger charge is -2.28. The molecule has 1 aliphatic rings. The lowest BCUT2D eigenvalue weighted by atomic mass is 10.1. The number of aliphatic carboxylic acids is 1. The van der Waals surface area contributed by atoms with Gasteiger partial charge in [0.15, 0.2) is 0 Å². The van der Waals surface area contributed by atoms with E-state index in [9.17, 15) is 4.79 Å². The first-order valence-corrected chi connectivity index (χ1v) is 8.00. The van der Waals surface area contributed by atoms with Gasteiger partial charge in [0.1, 0.15) is 11.3 Å². The van der Waals surface area contributed by atoms with Gasteiger partial charge in [-0.1, -0.05) is 15.9 Å². The van der Waals surface area contributed by atoms with Crippen molar-refractivity contribution in [3.63, 3.8) is 0 Å². The number of halogens is 1. The number of carbonyl (C=O) groups is 1. The first kappa shape index (κ1) is 14.6. The molecule has 1 aromatic carbocycles. The van der Waals surface area contributed by atoms with Crippen LogP contribution in [0.25, 0.3) is 11.0 Å². The monoisotopic (exact) mass is 351 g/mol. The Kier molecular flexibility index (Phi) is 4.04. The summed E-state index contributed by atoms with van der Waals surface area (Å²) in [6.45, 7) is 3.02. The molecular formula is C16H18BrNO3. The van der Waals surface area contributed by atoms with Crippen molar-refractivity contribution in [3.05, 3.63) is 34.5 Å². The van der Waals surface area contributed by atoms with Crippen LogP contribution in [-0.2, 0) is 4.79 Å². The van der Waals surface area contributed by atoms with E-state index in [0.29, 0.717) is 0 Å². The second-order valence-corrected chi connectivity index (χ2v) is 6.55. The summed E-state index contributed by atoms with van der Waals surface area (Å²) in [5.41, 5.74) is 0.869. The van der Waals surface area contributed by atoms with Crippen molar-refractivity contribution < 1.29 is 14.3 Å². The number of carboxylic acids is 1. The molecule has 1 saturated heterocycles. The molecule has 0 saturated carbocycles. The fraction of sp³-hybridized carbons (Fsp3) is 0.438. The maximum atomic E-state index is 11.0. The van der Waals surface area contributed by atoms with Gasteiger partial charge in [0.25, 0.3) is 0 Å². The van der Waals surface area contributed by atoms with Crippen molar-refractivity contribution in [1.29, 1.82) is 0 Å². The Balaban J connectivity index is 1.85. The van der Waals surface area contributed by atoms with Gasteiger partial charge >= 0.3 is 5.97 Å². The highest BCUT2D eigenvalue weighted by Gasteiger charge is 2.32. The average Bonchev–Trinajstić information content (AvgIpc) is 3.03. The molecule has 3 rings (SSSR count). The van der Waals surface area contributed by atoms with E-state index in [2.05, 4.69) is 33.8 Å². The zero-order chi connectivity index (χ0) is 15.0. The van der Waals surface area contributed by atoms with Crippen LogP contribution in [0.5, 0.6) is 0 Å². The van der Waals surface area contributed by atoms with E-state index >= 15 is 0 Å². The molecule has 1 aromatic heterocycles. The molecule has 2 heterocycles. The molecule has 2 aromatic rings. The lowest BCUT2D eigenvalue weighted by Crippen LogP contribution is -2.33. The van der Waals surface area contributed by atoms with E-state index in [-0.39, 0.29) is 18.5 Å². The summed E-state index contributed by atoms with van der Waals surface area (Å²) in [7, 11) is 0. The van der Waals surface area contributed by atoms with Crippen LogP contribution < -0.4 is 0 Å². The average molecular weight is 352 g/mol. The predicted octanol–water partition coefficient (Wildman–Crippen LogP) is 4.20. The molecule has 1 fully saturated rings. The van der Waals surface area contributed by atoms with Gasteiger partial charge in [-0.3, -0.25) is 9.69 Å². The second kappa shape index (κ2) is 5.81. The summed E-state index contributed by atoms with van der Waals surface area (Å²) in [6.07, 6.45) is 2.20. The minimum atomic E-state index is -0.729. The lowest BCUT2D eigenvalue weighted by molar-refractivity contribution is -0.138. The van der Waals surface area contributed by atoms with E-state index in [0.717, 1.165) is 40.6 Å². The fourth-order valence-electron chi connectivity index (χ4n) is 3.19. The third kappa shape index (κ3) is 2.99. The standard InChI is InChI=1S/C16H18BrNO3/c1-10(18-6-2-3-13(18)9-16(19)20)15-8-11-7-12(17)4-5-14(11)21-15/h4-5,7-8,10,13H,2-3,6,9H2,1H3,(H,19,20). The van der Waals surface area contributed by atoms with Crippen molar-refractivity contribution in [2.45, 2.75) is 38.3 Å². The van der Waals surface area contributed by atoms with E-state index < -0.39 is 5.97 Å². The number of fused-ring (bicyclic) bond motifs is 1. The minimum Gasteiger partial charge on any atom is -0.481 e. The SMILES string of the molecule is CC(c1cc2cc(Br)ccc2o1)N1CCCC1CC(=O)O. The maximum absolute atomic E-state index is 11.0. The molecule has 1 N–H and O–H groups in total. The molecule has 0 aliphatic carbocycles. The quantitative estimate of drug-likeness (QED) is 0.896. The molecule has 4 nitrogen and oxygen atoms in total. The number of carboxylic acid groups (broad SMARTS) is 1. The van der Waals surface area contributed by atoms with Crippen molar-refractivity contribution in [2.24, 2.45) is 0 Å². The summed E-state index contributed by atoms with van der Waals surface area (Å²) >= 11 is 3.46. The number of hydrogen-bond donors (Lipinski definition) is 1. The van der Waals surface area contributed by atoms with E-state index in [4.69, 9.17) is 9.52 Å². The molecule has 112 valence electrons. The molecule has 2 atom stereocenters. The highest BCUT2D eigenvalue weighted by atomic mass is 79.9. The van der Waals surface area contributed by atoms with Crippen LogP contribution in [0, 0.1) is 0 Å². The predicted molar refractivity (Wildman–Crippen MR) is 84.3 cm³/mol. The van der Waals surface area contributed by atoms with Crippen LogP contribution in [0.15, 0.2) is 33.2 Å². The first-order valence-electron chi connectivity index (χ1n) is 7.21. The molecule has 0 radical (unpaired) electrons. The zero-order valence-corrected chi connectivity index (χ0v) is 13.5. The number of likely N-dealkylation sites (tertiary alicyclic amines) is 1. The Bertz CT molecular complexity index is 667. The summed E-state index contributed by atoms with van der Waals surface area (Å²) in [5.74, 6) is 0.174. The van der Waals surface area contributed by atoms with Crippen LogP contribution in [0.4, 0.5) is 0 Å². The summed E-state index contributed by atoms with van der Waals surface area (Å²) in [6, 6.07) is 8.22. The Morgan fingerprint density at radius 3 is 3.10 bits per heavy atom. The van der Waals surface area contributed by atoms with Crippen LogP contribution in [0.1, 0.15) is 38.0 Å². The van der Waals surface area contributed by atoms with Crippen LogP contribution >= 0.6 is 15.9 Å². The summed E-state index contributed by atoms with van der Waals surface area (Å²) in [5, 5.41) is 10.1. The molecular weight excluding hydrogens is 334 g/mol. The molecule has 1 aliphatic heterocycles. The van der Waals surface area contributed by atoms with Gasteiger partial charge in [0.05, 0.1) is 12.5 Å². The van der Waals surface area contributed by atoms with Gasteiger partial charge in [-0.15, -0.1) is 0 Å². The smallest absolute Gasteiger partial charge is 0.304 e. The molecule has 0 spiro atoms. The van der Waals surface area contributed by atoms with E-state index in [1.54, 1.807) is 0 Å². The Morgan fingerprint density at radius 1 is 1.52 bits per heavy atom. The van der Waals surface area contributed by atoms with Crippen molar-refractivity contribution in [1.82, 2.24) is 4.90 Å². The minimum absolute atomic E-state index is 0.100. The van der Waals surface area contributed by atoms with Gasteiger partial charge in [0, 0.05) is 15.9 Å². The van der Waals surface area contributed by atoms with Gasteiger partial charge in [0.2, 0.25) is 0 Å². The second-order valence-electron chi connectivity index (χ2n) is 5.64. The number of nitrogens with zero attached hydrogens (tertiary/aromatic N) is 1. The number of furan rings is 1. The molecule has 21 heavy (non-hydrogen) atoms. The van der Waals surface area contributed by atoms with Crippen LogP contribution in [0.2, 0.25) is 0 Å². The number of rotatable bonds is 4. The van der Waals surface area contributed by atoms with Gasteiger partial charge in [-0.2, -0.15) is 0 Å². The third-order valence-electron chi connectivity index (χ3n) is 4.24. The summed E-state index contributed by atoms with van der Waals surface area (Å²) < 4.78 is 6.97. The highest BCUT2D eigenvalue weighted by Crippen LogP contribution is 2.34. The van der Waals surface area contributed by atoms with Gasteiger partial charge in [-0.25, -0.2) is 0 Å². The largest absolute Gasteiger partial charge is 0.481 e. The van der Waals surface area contributed by atoms with E-state index in [1.807, 2.05) is 18.2 Å². The topological polar surface area (TPSA) is 53.7 Å². The molecule has 0 bridgehead atoms. The van der Waals surface area contributed by atoms with Gasteiger partial charge < -0.3 is 9.52 Å². The van der Waals surface area contributed by atoms with Gasteiger partial charge in [-0.05, 0) is 50.6 Å². The molecule has 5 heteroatoms. The number of hydrogen-bond acceptors (Lipinski definition) is 3. The Morgan fingerprint density at radius 2 is 2.33 bits per heavy atom. The normalized spacial score (nSPS) is 21.0. The molecule has 0 amide bonds. The first-order chi connectivity index (χ1) is 10.0. The zero-order valence-electron chi connectivity index (χ0n) is 11.9. The maximum Gasteiger partial charge on any atom is 0.304 e. The van der Waals surface area contributed by atoms with Crippen molar-refractivity contribution in [3.8, 4) is 0 Å². The summed E-state index contributed by atoms with van der Waals surface area (Å²) in [4.78, 5) is 13.2. The number of benzene rings is 1. The Labute approximate surface area is 131 Å². The van der Waals surface area contributed by atoms with Crippen molar-refractivity contribution in [2.75, 3.05) is 6.54 Å². The highest BCUT2D eigenvalue weighted by molar-refractivity contribution is 9.10. The fourth-order valence-corrected chi connectivity index (χ4v) is 3.57. The third-order valence-corrected chi connectivity index (χ3v) is 4.73. The molecule has 2 unspecified atom stereocenters.